The SMILES string of the molecule is Nc1cccc2c1CN(Cc1cccc(F)c1Cl)C2. The lowest BCUT2D eigenvalue weighted by Gasteiger charge is -2.16. The first-order chi connectivity index (χ1) is 9.15. The van der Waals surface area contributed by atoms with Crippen molar-refractivity contribution in [2.75, 3.05) is 5.73 Å². The largest absolute Gasteiger partial charge is 0.398 e. The normalized spacial score (nSPS) is 14.6. The maximum absolute atomic E-state index is 13.4. The zero-order valence-electron chi connectivity index (χ0n) is 10.4. The zero-order chi connectivity index (χ0) is 13.4. The number of nitrogens with two attached hydrogens (primary N) is 1. The number of benzene rings is 2. The number of rotatable bonds is 2. The van der Waals surface area contributed by atoms with Crippen LogP contribution < -0.4 is 5.73 Å². The monoisotopic (exact) mass is 276 g/mol. The number of anilines is 1. The topological polar surface area (TPSA) is 29.3 Å². The Balaban J connectivity index is 1.81. The third-order valence-corrected chi connectivity index (χ3v) is 3.93. The Morgan fingerprint density at radius 1 is 1.16 bits per heavy atom. The second-order valence-electron chi connectivity index (χ2n) is 4.84. The summed E-state index contributed by atoms with van der Waals surface area (Å²) in [6, 6.07) is 10.9. The number of fused-ring (bicyclic) bond motifs is 1. The Morgan fingerprint density at radius 2 is 1.95 bits per heavy atom. The molecule has 1 aliphatic heterocycles. The molecule has 0 aromatic heterocycles. The van der Waals surface area contributed by atoms with E-state index in [2.05, 4.69) is 11.0 Å². The zero-order valence-corrected chi connectivity index (χ0v) is 11.1. The van der Waals surface area contributed by atoms with E-state index in [1.165, 1.54) is 17.2 Å². The second-order valence-corrected chi connectivity index (χ2v) is 5.22. The van der Waals surface area contributed by atoms with Gasteiger partial charge in [0.15, 0.2) is 0 Å². The Hall–Kier alpha value is -1.58. The molecule has 3 rings (SSSR count). The summed E-state index contributed by atoms with van der Waals surface area (Å²) in [7, 11) is 0. The van der Waals surface area contributed by atoms with Crippen LogP contribution in [0.1, 0.15) is 16.7 Å². The summed E-state index contributed by atoms with van der Waals surface area (Å²) >= 11 is 5.99. The average Bonchev–Trinajstić information content (AvgIpc) is 2.79. The van der Waals surface area contributed by atoms with E-state index in [0.717, 1.165) is 24.3 Å². The summed E-state index contributed by atoms with van der Waals surface area (Å²) in [4.78, 5) is 2.21. The molecule has 0 saturated heterocycles. The molecule has 98 valence electrons. The molecule has 0 saturated carbocycles. The van der Waals surface area contributed by atoms with Crippen molar-refractivity contribution in [1.29, 1.82) is 0 Å². The van der Waals surface area contributed by atoms with Gasteiger partial charge in [-0.1, -0.05) is 35.9 Å². The molecule has 2 nitrogen and oxygen atoms in total. The lowest BCUT2D eigenvalue weighted by molar-refractivity contribution is 0.275. The third-order valence-electron chi connectivity index (χ3n) is 3.51. The smallest absolute Gasteiger partial charge is 0.142 e. The molecule has 0 amide bonds. The van der Waals surface area contributed by atoms with Crippen LogP contribution in [-0.2, 0) is 19.6 Å². The molecule has 0 spiro atoms. The molecular formula is C15H14ClFN2. The van der Waals surface area contributed by atoms with Gasteiger partial charge >= 0.3 is 0 Å². The van der Waals surface area contributed by atoms with Crippen LogP contribution in [0.2, 0.25) is 5.02 Å². The number of nitrogen functional groups attached to an aromatic ring is 1. The highest BCUT2D eigenvalue weighted by Crippen LogP contribution is 2.30. The Labute approximate surface area is 116 Å². The Bertz CT molecular complexity index is 628. The van der Waals surface area contributed by atoms with Gasteiger partial charge in [0.1, 0.15) is 5.82 Å². The van der Waals surface area contributed by atoms with Crippen LogP contribution in [-0.4, -0.2) is 4.90 Å². The van der Waals surface area contributed by atoms with E-state index < -0.39 is 0 Å². The fourth-order valence-electron chi connectivity index (χ4n) is 2.54. The third kappa shape index (κ3) is 2.31. The molecule has 0 radical (unpaired) electrons. The molecule has 0 atom stereocenters. The van der Waals surface area contributed by atoms with Gasteiger partial charge in [0, 0.05) is 25.3 Å². The molecule has 2 aromatic rings. The van der Waals surface area contributed by atoms with E-state index in [9.17, 15) is 4.39 Å². The predicted molar refractivity (Wildman–Crippen MR) is 75.2 cm³/mol. The first-order valence-electron chi connectivity index (χ1n) is 6.16. The van der Waals surface area contributed by atoms with E-state index in [4.69, 9.17) is 17.3 Å². The summed E-state index contributed by atoms with van der Waals surface area (Å²) in [5, 5.41) is 0.214. The van der Waals surface area contributed by atoms with Crippen LogP contribution in [0.25, 0.3) is 0 Å². The van der Waals surface area contributed by atoms with Gasteiger partial charge in [-0.05, 0) is 28.8 Å². The number of hydrogen-bond acceptors (Lipinski definition) is 2. The van der Waals surface area contributed by atoms with E-state index in [0.29, 0.717) is 6.54 Å². The Kier molecular flexibility index (Phi) is 3.17. The molecule has 0 unspecified atom stereocenters. The van der Waals surface area contributed by atoms with Crippen molar-refractivity contribution in [2.45, 2.75) is 19.6 Å². The minimum absolute atomic E-state index is 0.214. The van der Waals surface area contributed by atoms with E-state index in [-0.39, 0.29) is 10.8 Å². The molecule has 0 bridgehead atoms. The molecule has 0 aliphatic carbocycles. The fourth-order valence-corrected chi connectivity index (χ4v) is 2.72. The molecule has 2 aromatic carbocycles. The van der Waals surface area contributed by atoms with Crippen molar-refractivity contribution in [3.63, 3.8) is 0 Å². The van der Waals surface area contributed by atoms with Gasteiger partial charge in [0.2, 0.25) is 0 Å². The first kappa shape index (κ1) is 12.5. The lowest BCUT2D eigenvalue weighted by Crippen LogP contribution is -2.16. The first-order valence-corrected chi connectivity index (χ1v) is 6.54. The maximum atomic E-state index is 13.4. The average molecular weight is 277 g/mol. The summed E-state index contributed by atoms with van der Waals surface area (Å²) in [5.41, 5.74) is 10.0. The fraction of sp³-hybridized carbons (Fsp3) is 0.200. The van der Waals surface area contributed by atoms with E-state index in [1.807, 2.05) is 18.2 Å². The summed E-state index contributed by atoms with van der Waals surface area (Å²) in [6.07, 6.45) is 0. The van der Waals surface area contributed by atoms with Gasteiger partial charge in [-0.25, -0.2) is 4.39 Å². The quantitative estimate of drug-likeness (QED) is 0.850. The van der Waals surface area contributed by atoms with Crippen molar-refractivity contribution in [3.05, 3.63) is 63.9 Å². The maximum Gasteiger partial charge on any atom is 0.142 e. The van der Waals surface area contributed by atoms with Gasteiger partial charge in [-0.2, -0.15) is 0 Å². The highest BCUT2D eigenvalue weighted by molar-refractivity contribution is 6.31. The molecule has 1 heterocycles. The van der Waals surface area contributed by atoms with Gasteiger partial charge < -0.3 is 5.73 Å². The minimum atomic E-state index is -0.365. The predicted octanol–water partition coefficient (Wildman–Crippen LogP) is 3.58. The van der Waals surface area contributed by atoms with Crippen molar-refractivity contribution >= 4 is 17.3 Å². The summed E-state index contributed by atoms with van der Waals surface area (Å²) in [5.74, 6) is -0.365. The van der Waals surface area contributed by atoms with Gasteiger partial charge in [-0.15, -0.1) is 0 Å². The standard InChI is InChI=1S/C15H14ClFN2/c16-15-11(4-1-5-13(15)17)8-19-7-10-3-2-6-14(18)12(10)9-19/h1-6H,7-9,18H2. The minimum Gasteiger partial charge on any atom is -0.398 e. The second kappa shape index (κ2) is 4.83. The van der Waals surface area contributed by atoms with Crippen molar-refractivity contribution < 1.29 is 4.39 Å². The highest BCUT2D eigenvalue weighted by atomic mass is 35.5. The lowest BCUT2D eigenvalue weighted by atomic mass is 10.1. The van der Waals surface area contributed by atoms with Crippen LogP contribution >= 0.6 is 11.6 Å². The van der Waals surface area contributed by atoms with Crippen molar-refractivity contribution in [3.8, 4) is 0 Å². The van der Waals surface area contributed by atoms with Crippen LogP contribution in [0.3, 0.4) is 0 Å². The summed E-state index contributed by atoms with van der Waals surface area (Å²) in [6.45, 7) is 2.24. The van der Waals surface area contributed by atoms with Gasteiger partial charge in [0.25, 0.3) is 0 Å². The Morgan fingerprint density at radius 3 is 2.74 bits per heavy atom. The van der Waals surface area contributed by atoms with E-state index in [1.54, 1.807) is 6.07 Å². The molecular weight excluding hydrogens is 263 g/mol. The van der Waals surface area contributed by atoms with Crippen LogP contribution in [0, 0.1) is 5.82 Å². The van der Waals surface area contributed by atoms with E-state index >= 15 is 0 Å². The van der Waals surface area contributed by atoms with Crippen LogP contribution in [0.4, 0.5) is 10.1 Å². The van der Waals surface area contributed by atoms with Crippen molar-refractivity contribution in [2.24, 2.45) is 0 Å². The molecule has 4 heteroatoms. The molecule has 1 aliphatic rings. The van der Waals surface area contributed by atoms with Crippen molar-refractivity contribution in [1.82, 2.24) is 4.90 Å². The number of halogens is 2. The molecule has 19 heavy (non-hydrogen) atoms. The molecule has 2 N–H and O–H groups in total. The number of hydrogen-bond donors (Lipinski definition) is 1. The highest BCUT2D eigenvalue weighted by Gasteiger charge is 2.21. The van der Waals surface area contributed by atoms with Gasteiger partial charge in [0.05, 0.1) is 5.02 Å². The van der Waals surface area contributed by atoms with Gasteiger partial charge in [-0.3, -0.25) is 4.90 Å². The summed E-state index contributed by atoms with van der Waals surface area (Å²) < 4.78 is 13.4. The number of nitrogens with zero attached hydrogens (tertiary/aromatic N) is 1. The van der Waals surface area contributed by atoms with Crippen LogP contribution in [0.5, 0.6) is 0 Å². The van der Waals surface area contributed by atoms with Crippen LogP contribution in [0.15, 0.2) is 36.4 Å². The molecule has 0 fully saturated rings.